The van der Waals surface area contributed by atoms with E-state index in [1.165, 1.54) is 34.4 Å². The van der Waals surface area contributed by atoms with Gasteiger partial charge in [-0.1, -0.05) is 11.6 Å². The molecule has 11 heteroatoms. The largest absolute Gasteiger partial charge is 0.339 e. The number of anilines is 1. The maximum atomic E-state index is 14.0. The van der Waals surface area contributed by atoms with E-state index in [4.69, 9.17) is 11.6 Å². The summed E-state index contributed by atoms with van der Waals surface area (Å²) in [6, 6.07) is 3.70. The Morgan fingerprint density at radius 1 is 1.17 bits per heavy atom. The second kappa shape index (κ2) is 8.57. The van der Waals surface area contributed by atoms with Gasteiger partial charge in [0.1, 0.15) is 5.82 Å². The highest BCUT2D eigenvalue weighted by Gasteiger charge is 2.28. The van der Waals surface area contributed by atoms with Crippen LogP contribution in [0.15, 0.2) is 23.6 Å². The zero-order chi connectivity index (χ0) is 21.3. The molecule has 1 aromatic carbocycles. The Balaban J connectivity index is 1.32. The first-order valence-corrected chi connectivity index (χ1v) is 10.7. The van der Waals surface area contributed by atoms with Crippen LogP contribution in [0.4, 0.5) is 14.3 Å². The average molecular weight is 452 g/mol. The third-order valence-electron chi connectivity index (χ3n) is 5.04. The number of hydrogen-bond donors (Lipinski definition) is 1. The van der Waals surface area contributed by atoms with E-state index in [0.717, 1.165) is 0 Å². The number of carbonyl (C=O) groups is 3. The van der Waals surface area contributed by atoms with Crippen LogP contribution in [0.1, 0.15) is 16.1 Å². The lowest BCUT2D eigenvalue weighted by molar-refractivity contribution is -0.132. The third-order valence-corrected chi connectivity index (χ3v) is 6.19. The number of aromatic nitrogens is 1. The van der Waals surface area contributed by atoms with Crippen LogP contribution in [-0.2, 0) is 11.2 Å². The SMILES string of the molecule is O=C(Cc1csc(N2CCNC2=O)n1)N1CCN(C(=O)c2cc(Cl)ccc2F)CC1. The molecule has 30 heavy (non-hydrogen) atoms. The van der Waals surface area contributed by atoms with Gasteiger partial charge in [-0.25, -0.2) is 14.2 Å². The molecule has 4 amide bonds. The van der Waals surface area contributed by atoms with Gasteiger partial charge in [-0.15, -0.1) is 11.3 Å². The molecule has 0 bridgehead atoms. The second-order valence-electron chi connectivity index (χ2n) is 6.98. The molecule has 0 saturated carbocycles. The summed E-state index contributed by atoms with van der Waals surface area (Å²) < 4.78 is 14.0. The number of nitrogens with one attached hydrogen (secondary N) is 1. The van der Waals surface area contributed by atoms with Gasteiger partial charge in [0.05, 0.1) is 17.7 Å². The number of nitrogens with zero attached hydrogens (tertiary/aromatic N) is 4. The Labute approximate surface area is 181 Å². The molecule has 0 aliphatic carbocycles. The predicted molar refractivity (Wildman–Crippen MR) is 110 cm³/mol. The minimum Gasteiger partial charge on any atom is -0.339 e. The molecule has 8 nitrogen and oxygen atoms in total. The van der Waals surface area contributed by atoms with Gasteiger partial charge in [0, 0.05) is 49.7 Å². The lowest BCUT2D eigenvalue weighted by Gasteiger charge is -2.34. The van der Waals surface area contributed by atoms with Crippen LogP contribution in [0, 0.1) is 5.82 Å². The van der Waals surface area contributed by atoms with Crippen molar-refractivity contribution in [3.05, 3.63) is 45.7 Å². The van der Waals surface area contributed by atoms with Crippen molar-refractivity contribution in [3.63, 3.8) is 0 Å². The standard InChI is InChI=1S/C19H19ClFN5O3S/c20-12-1-2-15(21)14(9-12)17(28)25-7-5-24(6-8-25)16(27)10-13-11-30-19(23-13)26-4-3-22-18(26)29/h1-2,9,11H,3-8,10H2,(H,22,29). The van der Waals surface area contributed by atoms with Crippen molar-refractivity contribution in [2.24, 2.45) is 0 Å². The van der Waals surface area contributed by atoms with Gasteiger partial charge in [0.2, 0.25) is 5.91 Å². The molecule has 2 aliphatic heterocycles. The summed E-state index contributed by atoms with van der Waals surface area (Å²) in [4.78, 5) is 46.1. The molecule has 2 aromatic rings. The Morgan fingerprint density at radius 3 is 2.60 bits per heavy atom. The molecule has 3 heterocycles. The lowest BCUT2D eigenvalue weighted by atomic mass is 10.1. The number of hydrogen-bond acceptors (Lipinski definition) is 5. The van der Waals surface area contributed by atoms with Crippen molar-refractivity contribution in [1.82, 2.24) is 20.1 Å². The van der Waals surface area contributed by atoms with Gasteiger partial charge in [-0.2, -0.15) is 0 Å². The predicted octanol–water partition coefficient (Wildman–Crippen LogP) is 1.99. The van der Waals surface area contributed by atoms with E-state index in [2.05, 4.69) is 10.3 Å². The van der Waals surface area contributed by atoms with Crippen molar-refractivity contribution in [1.29, 1.82) is 0 Å². The first-order chi connectivity index (χ1) is 14.4. The summed E-state index contributed by atoms with van der Waals surface area (Å²) in [5, 5.41) is 5.36. The number of piperazine rings is 1. The van der Waals surface area contributed by atoms with E-state index in [1.807, 2.05) is 0 Å². The molecule has 2 saturated heterocycles. The van der Waals surface area contributed by atoms with E-state index < -0.39 is 11.7 Å². The molecule has 0 spiro atoms. The van der Waals surface area contributed by atoms with Crippen LogP contribution in [0.3, 0.4) is 0 Å². The molecule has 0 unspecified atom stereocenters. The fourth-order valence-corrected chi connectivity index (χ4v) is 4.43. The van der Waals surface area contributed by atoms with Crippen LogP contribution in [0.5, 0.6) is 0 Å². The zero-order valence-electron chi connectivity index (χ0n) is 15.9. The summed E-state index contributed by atoms with van der Waals surface area (Å²) >= 11 is 7.20. The van der Waals surface area contributed by atoms with Crippen molar-refractivity contribution in [3.8, 4) is 0 Å². The van der Waals surface area contributed by atoms with Gasteiger partial charge >= 0.3 is 6.03 Å². The normalized spacial score (nSPS) is 16.7. The van der Waals surface area contributed by atoms with Crippen molar-refractivity contribution in [2.75, 3.05) is 44.2 Å². The molecular formula is C19H19ClFN5O3S. The van der Waals surface area contributed by atoms with E-state index >= 15 is 0 Å². The van der Waals surface area contributed by atoms with Gasteiger partial charge in [-0.05, 0) is 18.2 Å². The van der Waals surface area contributed by atoms with Crippen molar-refractivity contribution in [2.45, 2.75) is 6.42 Å². The van der Waals surface area contributed by atoms with Gasteiger partial charge in [-0.3, -0.25) is 14.5 Å². The first-order valence-electron chi connectivity index (χ1n) is 9.44. The van der Waals surface area contributed by atoms with E-state index in [9.17, 15) is 18.8 Å². The van der Waals surface area contributed by atoms with E-state index in [1.54, 1.807) is 15.2 Å². The molecule has 0 atom stereocenters. The average Bonchev–Trinajstić information content (AvgIpc) is 3.38. The van der Waals surface area contributed by atoms with Crippen LogP contribution in [0.2, 0.25) is 5.02 Å². The molecule has 4 rings (SSSR count). The maximum absolute atomic E-state index is 14.0. The summed E-state index contributed by atoms with van der Waals surface area (Å²) in [5.74, 6) is -1.15. The van der Waals surface area contributed by atoms with E-state index in [-0.39, 0.29) is 23.9 Å². The van der Waals surface area contributed by atoms with Crippen molar-refractivity contribution < 1.29 is 18.8 Å². The number of benzene rings is 1. The fourth-order valence-electron chi connectivity index (χ4n) is 3.41. The zero-order valence-corrected chi connectivity index (χ0v) is 17.5. The highest BCUT2D eigenvalue weighted by atomic mass is 35.5. The minimum absolute atomic E-state index is 0.0665. The highest BCUT2D eigenvalue weighted by Crippen LogP contribution is 2.23. The number of carbonyl (C=O) groups excluding carboxylic acids is 3. The molecule has 1 N–H and O–H groups in total. The van der Waals surface area contributed by atoms with Gasteiger partial charge in [0.25, 0.3) is 5.91 Å². The van der Waals surface area contributed by atoms with Crippen LogP contribution in [0.25, 0.3) is 0 Å². The summed E-state index contributed by atoms with van der Waals surface area (Å²) in [7, 11) is 0. The number of halogens is 2. The Bertz CT molecular complexity index is 992. The molecule has 1 aromatic heterocycles. The summed E-state index contributed by atoms with van der Waals surface area (Å²) in [6.07, 6.45) is 0.128. The maximum Gasteiger partial charge on any atom is 0.323 e. The number of amides is 4. The van der Waals surface area contributed by atoms with Gasteiger partial charge < -0.3 is 15.1 Å². The Kier molecular flexibility index (Phi) is 5.87. The quantitative estimate of drug-likeness (QED) is 0.770. The fraction of sp³-hybridized carbons (Fsp3) is 0.368. The Hall–Kier alpha value is -2.72. The molecular weight excluding hydrogens is 433 g/mol. The van der Waals surface area contributed by atoms with Crippen LogP contribution >= 0.6 is 22.9 Å². The van der Waals surface area contributed by atoms with Crippen LogP contribution < -0.4 is 10.2 Å². The smallest absolute Gasteiger partial charge is 0.323 e. The van der Waals surface area contributed by atoms with Crippen molar-refractivity contribution >= 4 is 45.9 Å². The first kappa shape index (κ1) is 20.5. The molecule has 2 fully saturated rings. The topological polar surface area (TPSA) is 85.8 Å². The minimum atomic E-state index is -0.617. The number of urea groups is 1. The molecule has 0 radical (unpaired) electrons. The van der Waals surface area contributed by atoms with E-state index in [0.29, 0.717) is 55.1 Å². The lowest BCUT2D eigenvalue weighted by Crippen LogP contribution is -2.51. The van der Waals surface area contributed by atoms with Gasteiger partial charge in [0.15, 0.2) is 5.13 Å². The molecule has 2 aliphatic rings. The second-order valence-corrected chi connectivity index (χ2v) is 8.25. The third kappa shape index (κ3) is 4.24. The Morgan fingerprint density at radius 2 is 1.90 bits per heavy atom. The highest BCUT2D eigenvalue weighted by molar-refractivity contribution is 7.14. The number of rotatable bonds is 4. The molecule has 158 valence electrons. The van der Waals surface area contributed by atoms with Crippen LogP contribution in [-0.4, -0.2) is 71.9 Å². The summed E-state index contributed by atoms with van der Waals surface area (Å²) in [6.45, 7) is 2.48. The number of thiazole rings is 1. The monoisotopic (exact) mass is 451 g/mol. The summed E-state index contributed by atoms with van der Waals surface area (Å²) in [5.41, 5.74) is 0.544.